The Morgan fingerprint density at radius 2 is 1.89 bits per heavy atom. The molecule has 0 fully saturated rings. The summed E-state index contributed by atoms with van der Waals surface area (Å²) in [7, 11) is 0. The molecule has 0 spiro atoms. The van der Waals surface area contributed by atoms with Crippen molar-refractivity contribution in [2.75, 3.05) is 17.3 Å². The summed E-state index contributed by atoms with van der Waals surface area (Å²) in [5, 5.41) is 3.34. The SMILES string of the molecule is O=C(COC(=O)CCCCBr)Nc1ccc(F)cc1. The second-order valence-corrected chi connectivity index (χ2v) is 4.65. The highest BCUT2D eigenvalue weighted by molar-refractivity contribution is 9.09. The van der Waals surface area contributed by atoms with E-state index in [1.165, 1.54) is 24.3 Å². The highest BCUT2D eigenvalue weighted by atomic mass is 79.9. The van der Waals surface area contributed by atoms with Crippen LogP contribution in [0.5, 0.6) is 0 Å². The molecule has 0 aliphatic carbocycles. The van der Waals surface area contributed by atoms with Gasteiger partial charge in [0, 0.05) is 17.4 Å². The number of hydrogen-bond donors (Lipinski definition) is 1. The number of anilines is 1. The number of alkyl halides is 1. The minimum Gasteiger partial charge on any atom is -0.456 e. The third-order valence-electron chi connectivity index (χ3n) is 2.26. The number of ether oxygens (including phenoxy) is 1. The fourth-order valence-electron chi connectivity index (χ4n) is 1.31. The summed E-state index contributed by atoms with van der Waals surface area (Å²) in [4.78, 5) is 22.7. The predicted molar refractivity (Wildman–Crippen MR) is 73.6 cm³/mol. The minimum atomic E-state index is -0.444. The van der Waals surface area contributed by atoms with E-state index >= 15 is 0 Å². The second-order valence-electron chi connectivity index (χ2n) is 3.86. The third kappa shape index (κ3) is 6.91. The highest BCUT2D eigenvalue weighted by Crippen LogP contribution is 2.08. The topological polar surface area (TPSA) is 55.4 Å². The van der Waals surface area contributed by atoms with E-state index in [4.69, 9.17) is 4.74 Å². The number of benzene rings is 1. The Hall–Kier alpha value is -1.43. The monoisotopic (exact) mass is 331 g/mol. The summed E-state index contributed by atoms with van der Waals surface area (Å²) in [5.41, 5.74) is 0.460. The van der Waals surface area contributed by atoms with E-state index in [1.807, 2.05) is 0 Å². The van der Waals surface area contributed by atoms with Crippen LogP contribution >= 0.6 is 15.9 Å². The highest BCUT2D eigenvalue weighted by Gasteiger charge is 2.07. The zero-order chi connectivity index (χ0) is 14.1. The molecule has 0 atom stereocenters. The van der Waals surface area contributed by atoms with Crippen molar-refractivity contribution in [1.29, 1.82) is 0 Å². The molecule has 0 aliphatic heterocycles. The average Bonchev–Trinajstić information content (AvgIpc) is 2.39. The summed E-state index contributed by atoms with van der Waals surface area (Å²) < 4.78 is 17.4. The first kappa shape index (κ1) is 15.6. The second kappa shape index (κ2) is 8.63. The van der Waals surface area contributed by atoms with E-state index in [1.54, 1.807) is 0 Å². The number of amides is 1. The minimum absolute atomic E-state index is 0.301. The average molecular weight is 332 g/mol. The van der Waals surface area contributed by atoms with Crippen LogP contribution in [0.15, 0.2) is 24.3 Å². The van der Waals surface area contributed by atoms with Crippen molar-refractivity contribution >= 4 is 33.5 Å². The van der Waals surface area contributed by atoms with Crippen molar-refractivity contribution in [3.63, 3.8) is 0 Å². The first-order valence-electron chi connectivity index (χ1n) is 5.89. The van der Waals surface area contributed by atoms with Crippen molar-refractivity contribution in [3.8, 4) is 0 Å². The number of carbonyl (C=O) groups is 2. The molecule has 19 heavy (non-hydrogen) atoms. The van der Waals surface area contributed by atoms with Gasteiger partial charge in [-0.25, -0.2) is 4.39 Å². The van der Waals surface area contributed by atoms with Gasteiger partial charge in [-0.1, -0.05) is 15.9 Å². The van der Waals surface area contributed by atoms with Crippen LogP contribution in [0.1, 0.15) is 19.3 Å². The van der Waals surface area contributed by atoms with E-state index in [0.29, 0.717) is 12.1 Å². The number of rotatable bonds is 7. The first-order chi connectivity index (χ1) is 9.11. The molecule has 4 nitrogen and oxygen atoms in total. The van der Waals surface area contributed by atoms with E-state index in [9.17, 15) is 14.0 Å². The number of halogens is 2. The summed E-state index contributed by atoms with van der Waals surface area (Å²) in [6.07, 6.45) is 1.91. The Morgan fingerprint density at radius 3 is 2.53 bits per heavy atom. The smallest absolute Gasteiger partial charge is 0.306 e. The molecular formula is C13H15BrFNO3. The van der Waals surface area contributed by atoms with Gasteiger partial charge in [-0.3, -0.25) is 9.59 Å². The summed E-state index contributed by atoms with van der Waals surface area (Å²) in [5.74, 6) is -1.22. The van der Waals surface area contributed by atoms with Crippen molar-refractivity contribution in [2.45, 2.75) is 19.3 Å². The van der Waals surface area contributed by atoms with Crippen LogP contribution in [-0.2, 0) is 14.3 Å². The van der Waals surface area contributed by atoms with Gasteiger partial charge in [-0.15, -0.1) is 0 Å². The van der Waals surface area contributed by atoms with E-state index < -0.39 is 11.9 Å². The molecule has 0 bridgehead atoms. The van der Waals surface area contributed by atoms with Gasteiger partial charge in [0.1, 0.15) is 5.82 Å². The Bertz CT molecular complexity index is 422. The lowest BCUT2D eigenvalue weighted by molar-refractivity contribution is -0.147. The lowest BCUT2D eigenvalue weighted by Gasteiger charge is -2.06. The van der Waals surface area contributed by atoms with E-state index in [0.717, 1.165) is 18.2 Å². The van der Waals surface area contributed by atoms with Gasteiger partial charge in [0.05, 0.1) is 0 Å². The molecule has 1 aromatic rings. The first-order valence-corrected chi connectivity index (χ1v) is 7.01. The molecule has 0 aromatic heterocycles. The van der Waals surface area contributed by atoms with Gasteiger partial charge >= 0.3 is 5.97 Å². The van der Waals surface area contributed by atoms with Crippen molar-refractivity contribution in [2.24, 2.45) is 0 Å². The number of carbonyl (C=O) groups excluding carboxylic acids is 2. The molecule has 104 valence electrons. The van der Waals surface area contributed by atoms with Crippen molar-refractivity contribution in [1.82, 2.24) is 0 Å². The summed E-state index contributed by atoms with van der Waals surface area (Å²) in [6.45, 7) is -0.329. The number of nitrogens with one attached hydrogen (secondary N) is 1. The molecule has 1 aromatic carbocycles. The largest absolute Gasteiger partial charge is 0.456 e. The molecule has 0 unspecified atom stereocenters. The molecule has 0 aliphatic rings. The summed E-state index contributed by atoms with van der Waals surface area (Å²) >= 11 is 3.26. The molecule has 0 radical (unpaired) electrons. The predicted octanol–water partition coefficient (Wildman–Crippen LogP) is 2.87. The van der Waals surface area contributed by atoms with Crippen LogP contribution in [0.4, 0.5) is 10.1 Å². The Kier molecular flexibility index (Phi) is 7.10. The van der Waals surface area contributed by atoms with E-state index in [-0.39, 0.29) is 12.4 Å². The van der Waals surface area contributed by atoms with Crippen LogP contribution in [-0.4, -0.2) is 23.8 Å². The summed E-state index contributed by atoms with van der Waals surface area (Å²) in [6, 6.07) is 5.35. The van der Waals surface area contributed by atoms with Gasteiger partial charge < -0.3 is 10.1 Å². The maximum absolute atomic E-state index is 12.6. The number of unbranched alkanes of at least 4 members (excludes halogenated alkanes) is 1. The maximum atomic E-state index is 12.6. The Balaban J connectivity index is 2.24. The molecule has 0 saturated carbocycles. The van der Waals surface area contributed by atoms with Crippen molar-refractivity contribution < 1.29 is 18.7 Å². The van der Waals surface area contributed by atoms with Crippen LogP contribution in [0.25, 0.3) is 0 Å². The van der Waals surface area contributed by atoms with Gasteiger partial charge in [0.2, 0.25) is 0 Å². The normalized spacial score (nSPS) is 10.0. The Labute approximate surface area is 119 Å². The molecule has 1 N–H and O–H groups in total. The van der Waals surface area contributed by atoms with Crippen molar-refractivity contribution in [3.05, 3.63) is 30.1 Å². The van der Waals surface area contributed by atoms with Crippen LogP contribution in [0.2, 0.25) is 0 Å². The standard InChI is InChI=1S/C13H15BrFNO3/c14-8-2-1-3-13(18)19-9-12(17)16-11-6-4-10(15)5-7-11/h4-7H,1-3,8-9H2,(H,16,17). The van der Waals surface area contributed by atoms with Crippen LogP contribution in [0, 0.1) is 5.82 Å². The molecule has 1 rings (SSSR count). The fourth-order valence-corrected chi connectivity index (χ4v) is 1.71. The van der Waals surface area contributed by atoms with Crippen LogP contribution < -0.4 is 5.32 Å². The fraction of sp³-hybridized carbons (Fsp3) is 0.385. The number of esters is 1. The van der Waals surface area contributed by atoms with Gasteiger partial charge in [-0.05, 0) is 37.1 Å². The van der Waals surface area contributed by atoms with E-state index in [2.05, 4.69) is 21.2 Å². The zero-order valence-corrected chi connectivity index (χ0v) is 11.9. The van der Waals surface area contributed by atoms with Crippen LogP contribution in [0.3, 0.4) is 0 Å². The molecule has 0 heterocycles. The Morgan fingerprint density at radius 1 is 1.21 bits per heavy atom. The molecule has 1 amide bonds. The number of hydrogen-bond acceptors (Lipinski definition) is 3. The quantitative estimate of drug-likeness (QED) is 0.475. The lowest BCUT2D eigenvalue weighted by atomic mass is 10.2. The third-order valence-corrected chi connectivity index (χ3v) is 2.82. The van der Waals surface area contributed by atoms with Gasteiger partial charge in [-0.2, -0.15) is 0 Å². The maximum Gasteiger partial charge on any atom is 0.306 e. The zero-order valence-electron chi connectivity index (χ0n) is 10.3. The van der Waals surface area contributed by atoms with Gasteiger partial charge in [0.15, 0.2) is 6.61 Å². The molecule has 6 heteroatoms. The molecular weight excluding hydrogens is 317 g/mol. The lowest BCUT2D eigenvalue weighted by Crippen LogP contribution is -2.20. The van der Waals surface area contributed by atoms with Gasteiger partial charge in [0.25, 0.3) is 5.91 Å². The molecule has 0 saturated heterocycles.